The van der Waals surface area contributed by atoms with Gasteiger partial charge in [0.25, 0.3) is 12.3 Å². The number of rotatable bonds is 7. The Morgan fingerprint density at radius 3 is 2.38 bits per heavy atom. The lowest BCUT2D eigenvalue weighted by Crippen LogP contribution is -2.50. The number of carbonyl (C=O) groups excluding carboxylic acids is 3. The van der Waals surface area contributed by atoms with E-state index in [0.29, 0.717) is 34.9 Å². The Hall–Kier alpha value is -5.72. The predicted molar refractivity (Wildman–Crippen MR) is 212 cm³/mol. The van der Waals surface area contributed by atoms with Gasteiger partial charge in [0.05, 0.1) is 40.5 Å². The van der Waals surface area contributed by atoms with Crippen LogP contribution in [-0.4, -0.2) is 85.9 Å². The monoisotopic (exact) mass is 841 g/mol. The quantitative estimate of drug-likeness (QED) is 0.133. The first kappa shape index (κ1) is 42.4. The fourth-order valence-corrected chi connectivity index (χ4v) is 8.43. The molecule has 2 aliphatic heterocycles. The molecule has 3 fully saturated rings. The molecule has 3 atom stereocenters. The maximum Gasteiger partial charge on any atom is 0.433 e. The molecule has 3 aromatic heterocycles. The number of imidazole rings is 1. The number of para-hydroxylation sites is 1. The molecule has 8 rings (SSSR count). The normalized spacial score (nSPS) is 20.4. The van der Waals surface area contributed by atoms with E-state index < -0.39 is 53.6 Å². The van der Waals surface area contributed by atoms with Gasteiger partial charge in [0.15, 0.2) is 0 Å². The second-order valence-electron chi connectivity index (χ2n) is 15.7. The number of aryl methyl sites for hydroxylation is 1. The van der Waals surface area contributed by atoms with Crippen molar-refractivity contribution in [3.8, 4) is 0 Å². The number of benzene rings is 2. The van der Waals surface area contributed by atoms with Gasteiger partial charge in [-0.3, -0.25) is 33.5 Å². The van der Waals surface area contributed by atoms with Crippen molar-refractivity contribution >= 4 is 51.0 Å². The molecule has 0 spiro atoms. The minimum Gasteiger partial charge on any atom is -0.367 e. The zero-order valence-corrected chi connectivity index (χ0v) is 33.2. The molecule has 0 bridgehead atoms. The van der Waals surface area contributed by atoms with Crippen molar-refractivity contribution in [2.75, 3.05) is 37.4 Å². The van der Waals surface area contributed by atoms with Gasteiger partial charge in [0.1, 0.15) is 23.6 Å². The van der Waals surface area contributed by atoms with Crippen LogP contribution in [0.1, 0.15) is 91.6 Å². The molecular formula is C41H45F6N9O4. The van der Waals surface area contributed by atoms with E-state index in [1.54, 1.807) is 24.0 Å². The Balaban J connectivity index is 0.000000182. The van der Waals surface area contributed by atoms with Gasteiger partial charge >= 0.3 is 11.9 Å². The zero-order chi connectivity index (χ0) is 43.0. The summed E-state index contributed by atoms with van der Waals surface area (Å²) in [5.74, 6) is -1.79. The summed E-state index contributed by atoms with van der Waals surface area (Å²) in [6, 6.07) is 10.3. The van der Waals surface area contributed by atoms with E-state index in [4.69, 9.17) is 0 Å². The van der Waals surface area contributed by atoms with Crippen LogP contribution in [-0.2, 0) is 22.8 Å². The summed E-state index contributed by atoms with van der Waals surface area (Å²) in [4.78, 5) is 56.5. The number of fused-ring (bicyclic) bond motifs is 2. The van der Waals surface area contributed by atoms with Crippen molar-refractivity contribution < 1.29 is 40.7 Å². The number of imide groups is 1. The third kappa shape index (κ3) is 8.62. The molecular weight excluding hydrogens is 796 g/mol. The molecule has 13 nitrogen and oxygen atoms in total. The van der Waals surface area contributed by atoms with Crippen molar-refractivity contribution in [3.63, 3.8) is 0 Å². The molecule has 1 aliphatic carbocycles. The topological polar surface area (TPSA) is 139 Å². The van der Waals surface area contributed by atoms with Crippen molar-refractivity contribution in [2.45, 2.75) is 88.3 Å². The summed E-state index contributed by atoms with van der Waals surface area (Å²) < 4.78 is 85.4. The van der Waals surface area contributed by atoms with Crippen LogP contribution in [0.3, 0.4) is 0 Å². The van der Waals surface area contributed by atoms with Crippen LogP contribution in [0.25, 0.3) is 21.9 Å². The average molecular weight is 842 g/mol. The molecule has 1 saturated carbocycles. The largest absolute Gasteiger partial charge is 0.433 e. The standard InChI is InChI=1S/C21H19F5N4O.C20H26FN5O3/c22-19(23)14-10-16-12(11-30(29-16)13-5-2-1-3-6-13)9-17(14)28-20(31)15-7-4-8-18(27-15)21(24,25)26;1-23(2)13-9-10-25(11-12(13)21)14-5-4-6-15-18(14)24(3)20(29)26(15)16-7-8-17(27)22-19(16)28/h4,7-11,13,19H,1-3,5-6H2,(H,28,31);4-6,12-13,16H,7-11H2,1-3H3,(H,22,27,28). The Morgan fingerprint density at radius 1 is 0.983 bits per heavy atom. The van der Waals surface area contributed by atoms with Crippen LogP contribution in [0, 0.1) is 0 Å². The molecule has 3 amide bonds. The Bertz CT molecular complexity index is 2470. The maximum atomic E-state index is 14.8. The van der Waals surface area contributed by atoms with E-state index in [2.05, 4.69) is 20.7 Å². The lowest BCUT2D eigenvalue weighted by atomic mass is 9.96. The zero-order valence-electron chi connectivity index (χ0n) is 33.2. The summed E-state index contributed by atoms with van der Waals surface area (Å²) in [7, 11) is 5.44. The number of alkyl halides is 6. The molecule has 19 heteroatoms. The molecule has 5 aromatic rings. The van der Waals surface area contributed by atoms with Crippen LogP contribution in [0.2, 0.25) is 0 Å². The molecule has 5 heterocycles. The van der Waals surface area contributed by atoms with Gasteiger partial charge in [0, 0.05) is 43.2 Å². The summed E-state index contributed by atoms with van der Waals surface area (Å²) in [6.07, 6.45) is -0.481. The number of carbonyl (C=O) groups is 3. The number of amides is 3. The molecule has 60 heavy (non-hydrogen) atoms. The van der Waals surface area contributed by atoms with Gasteiger partial charge < -0.3 is 15.1 Å². The van der Waals surface area contributed by atoms with E-state index in [-0.39, 0.29) is 48.8 Å². The minimum atomic E-state index is -4.73. The lowest BCUT2D eigenvalue weighted by molar-refractivity contribution is -0.141. The Labute approximate surface area is 340 Å². The van der Waals surface area contributed by atoms with Gasteiger partial charge in [-0.2, -0.15) is 18.3 Å². The summed E-state index contributed by atoms with van der Waals surface area (Å²) in [5.41, 5.74) is -0.263. The summed E-state index contributed by atoms with van der Waals surface area (Å²) >= 11 is 0. The van der Waals surface area contributed by atoms with Gasteiger partial charge in [-0.25, -0.2) is 22.9 Å². The molecule has 2 aromatic carbocycles. The van der Waals surface area contributed by atoms with Crippen LogP contribution in [0.5, 0.6) is 0 Å². The molecule has 2 saturated heterocycles. The first-order chi connectivity index (χ1) is 28.5. The van der Waals surface area contributed by atoms with Crippen LogP contribution in [0.4, 0.5) is 37.7 Å². The van der Waals surface area contributed by atoms with Gasteiger partial charge in [-0.15, -0.1) is 0 Å². The Kier molecular flexibility index (Phi) is 12.1. The third-order valence-corrected chi connectivity index (χ3v) is 11.5. The van der Waals surface area contributed by atoms with Crippen molar-refractivity contribution in [1.82, 2.24) is 34.1 Å². The first-order valence-corrected chi connectivity index (χ1v) is 19.8. The molecule has 3 unspecified atom stereocenters. The first-order valence-electron chi connectivity index (χ1n) is 19.8. The maximum absolute atomic E-state index is 14.8. The summed E-state index contributed by atoms with van der Waals surface area (Å²) in [6.45, 7) is 0.930. The predicted octanol–water partition coefficient (Wildman–Crippen LogP) is 6.94. The number of nitrogens with one attached hydrogen (secondary N) is 2. The Morgan fingerprint density at radius 2 is 1.72 bits per heavy atom. The number of aromatic nitrogens is 5. The highest BCUT2D eigenvalue weighted by atomic mass is 19.4. The van der Waals surface area contributed by atoms with E-state index in [1.807, 2.05) is 36.0 Å². The van der Waals surface area contributed by atoms with Crippen LogP contribution in [0.15, 0.2) is 59.5 Å². The number of hydrogen-bond acceptors (Lipinski definition) is 8. The highest BCUT2D eigenvalue weighted by molar-refractivity contribution is 6.04. The fourth-order valence-electron chi connectivity index (χ4n) is 8.43. The third-order valence-electron chi connectivity index (χ3n) is 11.5. The van der Waals surface area contributed by atoms with Gasteiger partial charge in [-0.1, -0.05) is 31.4 Å². The smallest absolute Gasteiger partial charge is 0.367 e. The number of pyridine rings is 1. The molecule has 0 radical (unpaired) electrons. The highest BCUT2D eigenvalue weighted by Gasteiger charge is 2.35. The number of halogens is 6. The minimum absolute atomic E-state index is 0.123. The summed E-state index contributed by atoms with van der Waals surface area (Å²) in [5, 5.41) is 9.59. The van der Waals surface area contributed by atoms with E-state index in [9.17, 15) is 45.5 Å². The number of hydrogen-bond donors (Lipinski definition) is 2. The number of nitrogens with zero attached hydrogens (tertiary/aromatic N) is 7. The lowest BCUT2D eigenvalue weighted by Gasteiger charge is -2.39. The van der Waals surface area contributed by atoms with Crippen molar-refractivity contribution in [3.05, 3.63) is 82.2 Å². The van der Waals surface area contributed by atoms with E-state index in [0.717, 1.165) is 56.0 Å². The molecule has 320 valence electrons. The highest BCUT2D eigenvalue weighted by Crippen LogP contribution is 2.35. The van der Waals surface area contributed by atoms with Crippen molar-refractivity contribution in [1.29, 1.82) is 0 Å². The van der Waals surface area contributed by atoms with E-state index >= 15 is 0 Å². The number of piperidine rings is 2. The molecule has 3 aliphatic rings. The van der Waals surface area contributed by atoms with Crippen LogP contribution < -0.4 is 21.2 Å². The van der Waals surface area contributed by atoms with Gasteiger partial charge in [-0.05, 0) is 76.2 Å². The van der Waals surface area contributed by atoms with Gasteiger partial charge in [0.2, 0.25) is 11.8 Å². The molecule has 2 N–H and O–H groups in total. The number of anilines is 2. The second kappa shape index (κ2) is 17.1. The SMILES string of the molecule is CN(C)C1CCN(c2cccc3c2n(C)c(=O)n3C2CCC(=O)NC2=O)CC1F.O=C(Nc1cc2cn(C3CCCCC3)nc2cc1C(F)F)c1cccc(C(F)(F)F)n1. The average Bonchev–Trinajstić information content (AvgIpc) is 3.75. The van der Waals surface area contributed by atoms with Crippen LogP contribution >= 0.6 is 0 Å². The van der Waals surface area contributed by atoms with Crippen molar-refractivity contribution in [2.24, 2.45) is 7.05 Å². The van der Waals surface area contributed by atoms with E-state index in [1.165, 1.54) is 21.3 Å². The fraction of sp³-hybridized carbons (Fsp3) is 0.463. The second-order valence-corrected chi connectivity index (χ2v) is 15.7.